The minimum Gasteiger partial charge on any atom is -0.491 e. The molecule has 3 heteroatoms. The number of hydrogen-bond acceptors (Lipinski definition) is 3. The van der Waals surface area contributed by atoms with Crippen molar-refractivity contribution in [2.75, 3.05) is 13.2 Å². The third-order valence-corrected chi connectivity index (χ3v) is 2.92. The number of benzene rings is 2. The summed E-state index contributed by atoms with van der Waals surface area (Å²) in [6.07, 6.45) is 0.549. The average molecular weight is 257 g/mol. The molecule has 0 heterocycles. The molecule has 0 spiro atoms. The predicted octanol–water partition coefficient (Wildman–Crippen LogP) is 2.44. The van der Waals surface area contributed by atoms with Gasteiger partial charge >= 0.3 is 0 Å². The summed E-state index contributed by atoms with van der Waals surface area (Å²) < 4.78 is 5.77. The van der Waals surface area contributed by atoms with Crippen LogP contribution < -0.4 is 10.5 Å². The fourth-order valence-corrected chi connectivity index (χ4v) is 1.89. The SMILES string of the molecule is NC(CCO)COc1ccccc1-c1ccccc1. The van der Waals surface area contributed by atoms with Gasteiger partial charge in [0.1, 0.15) is 12.4 Å². The molecule has 0 bridgehead atoms. The van der Waals surface area contributed by atoms with Crippen molar-refractivity contribution >= 4 is 0 Å². The summed E-state index contributed by atoms with van der Waals surface area (Å²) in [5.74, 6) is 0.821. The van der Waals surface area contributed by atoms with Gasteiger partial charge in [-0.25, -0.2) is 0 Å². The molecule has 2 aromatic carbocycles. The molecule has 0 aromatic heterocycles. The highest BCUT2D eigenvalue weighted by Crippen LogP contribution is 2.29. The smallest absolute Gasteiger partial charge is 0.127 e. The Morgan fingerprint density at radius 3 is 2.42 bits per heavy atom. The maximum Gasteiger partial charge on any atom is 0.127 e. The van der Waals surface area contributed by atoms with Crippen molar-refractivity contribution < 1.29 is 9.84 Å². The van der Waals surface area contributed by atoms with Crippen molar-refractivity contribution in [2.24, 2.45) is 5.73 Å². The molecule has 0 amide bonds. The second-order valence-corrected chi connectivity index (χ2v) is 4.45. The summed E-state index contributed by atoms with van der Waals surface area (Å²) in [4.78, 5) is 0. The normalized spacial score (nSPS) is 12.1. The first kappa shape index (κ1) is 13.6. The molecule has 0 radical (unpaired) electrons. The Balaban J connectivity index is 2.13. The number of aliphatic hydroxyl groups is 1. The quantitative estimate of drug-likeness (QED) is 0.835. The van der Waals surface area contributed by atoms with Crippen molar-refractivity contribution in [1.29, 1.82) is 0 Å². The lowest BCUT2D eigenvalue weighted by molar-refractivity contribution is 0.234. The molecule has 0 saturated heterocycles. The van der Waals surface area contributed by atoms with Gasteiger partial charge in [0.25, 0.3) is 0 Å². The molecule has 2 rings (SSSR count). The van der Waals surface area contributed by atoms with Crippen LogP contribution in [0.25, 0.3) is 11.1 Å². The topological polar surface area (TPSA) is 55.5 Å². The van der Waals surface area contributed by atoms with Crippen LogP contribution >= 0.6 is 0 Å². The number of aliphatic hydroxyl groups excluding tert-OH is 1. The highest BCUT2D eigenvalue weighted by Gasteiger charge is 2.07. The summed E-state index contributed by atoms with van der Waals surface area (Å²) in [5.41, 5.74) is 8.01. The third-order valence-electron chi connectivity index (χ3n) is 2.92. The summed E-state index contributed by atoms with van der Waals surface area (Å²) in [6, 6.07) is 17.9. The Morgan fingerprint density at radius 1 is 1.00 bits per heavy atom. The molecule has 3 N–H and O–H groups in total. The van der Waals surface area contributed by atoms with E-state index in [0.29, 0.717) is 13.0 Å². The van der Waals surface area contributed by atoms with Crippen molar-refractivity contribution in [3.05, 3.63) is 54.6 Å². The van der Waals surface area contributed by atoms with Gasteiger partial charge in [-0.2, -0.15) is 0 Å². The van der Waals surface area contributed by atoms with E-state index < -0.39 is 0 Å². The zero-order valence-electron chi connectivity index (χ0n) is 10.8. The van der Waals surface area contributed by atoms with Crippen LogP contribution in [0.2, 0.25) is 0 Å². The number of hydrogen-bond donors (Lipinski definition) is 2. The van der Waals surface area contributed by atoms with Crippen LogP contribution in [0.15, 0.2) is 54.6 Å². The number of rotatable bonds is 6. The van der Waals surface area contributed by atoms with E-state index in [1.54, 1.807) is 0 Å². The molecule has 0 fully saturated rings. The van der Waals surface area contributed by atoms with Gasteiger partial charge in [0.15, 0.2) is 0 Å². The maximum atomic E-state index is 8.83. The maximum absolute atomic E-state index is 8.83. The molecule has 19 heavy (non-hydrogen) atoms. The Morgan fingerprint density at radius 2 is 1.68 bits per heavy atom. The second-order valence-electron chi connectivity index (χ2n) is 4.45. The molecular weight excluding hydrogens is 238 g/mol. The van der Waals surface area contributed by atoms with Gasteiger partial charge in [-0.3, -0.25) is 0 Å². The molecule has 0 aliphatic heterocycles. The fraction of sp³-hybridized carbons (Fsp3) is 0.250. The zero-order valence-corrected chi connectivity index (χ0v) is 10.8. The van der Waals surface area contributed by atoms with E-state index >= 15 is 0 Å². The standard InChI is InChI=1S/C16H19NO2/c17-14(10-11-18)12-19-16-9-5-4-8-15(16)13-6-2-1-3-7-13/h1-9,14,18H,10-12,17H2. The van der Waals surface area contributed by atoms with E-state index in [0.717, 1.165) is 16.9 Å². The van der Waals surface area contributed by atoms with Gasteiger partial charge in [-0.1, -0.05) is 48.5 Å². The van der Waals surface area contributed by atoms with Gasteiger partial charge in [0, 0.05) is 18.2 Å². The van der Waals surface area contributed by atoms with Crippen LogP contribution in [0.5, 0.6) is 5.75 Å². The first-order valence-electron chi connectivity index (χ1n) is 6.45. The summed E-state index contributed by atoms with van der Waals surface area (Å²) >= 11 is 0. The molecule has 0 saturated carbocycles. The lowest BCUT2D eigenvalue weighted by Crippen LogP contribution is -2.28. The van der Waals surface area contributed by atoms with Gasteiger partial charge < -0.3 is 15.6 Å². The van der Waals surface area contributed by atoms with Crippen molar-refractivity contribution in [3.63, 3.8) is 0 Å². The summed E-state index contributed by atoms with van der Waals surface area (Å²) in [6.45, 7) is 0.495. The molecule has 100 valence electrons. The van der Waals surface area contributed by atoms with Crippen LogP contribution in [0.4, 0.5) is 0 Å². The highest BCUT2D eigenvalue weighted by atomic mass is 16.5. The summed E-state index contributed by atoms with van der Waals surface area (Å²) in [5, 5.41) is 8.83. The van der Waals surface area contributed by atoms with Crippen LogP contribution in [0.1, 0.15) is 6.42 Å². The molecule has 1 unspecified atom stereocenters. The van der Waals surface area contributed by atoms with Gasteiger partial charge in [-0.05, 0) is 18.1 Å². The van der Waals surface area contributed by atoms with E-state index in [9.17, 15) is 0 Å². The Hall–Kier alpha value is -1.84. The third kappa shape index (κ3) is 3.81. The molecule has 0 aliphatic carbocycles. The molecule has 3 nitrogen and oxygen atoms in total. The van der Waals surface area contributed by atoms with Crippen LogP contribution in [-0.4, -0.2) is 24.4 Å². The average Bonchev–Trinajstić information content (AvgIpc) is 2.47. The van der Waals surface area contributed by atoms with E-state index in [2.05, 4.69) is 12.1 Å². The van der Waals surface area contributed by atoms with Crippen molar-refractivity contribution in [2.45, 2.75) is 12.5 Å². The Labute approximate surface area is 113 Å². The second kappa shape index (κ2) is 6.92. The van der Waals surface area contributed by atoms with Gasteiger partial charge in [-0.15, -0.1) is 0 Å². The van der Waals surface area contributed by atoms with Crippen molar-refractivity contribution in [1.82, 2.24) is 0 Å². The zero-order chi connectivity index (χ0) is 13.5. The van der Waals surface area contributed by atoms with Crippen LogP contribution in [0.3, 0.4) is 0 Å². The minimum atomic E-state index is -0.145. The monoisotopic (exact) mass is 257 g/mol. The van der Waals surface area contributed by atoms with E-state index in [-0.39, 0.29) is 12.6 Å². The molecule has 2 aromatic rings. The fourth-order valence-electron chi connectivity index (χ4n) is 1.89. The lowest BCUT2D eigenvalue weighted by atomic mass is 10.0. The largest absolute Gasteiger partial charge is 0.491 e. The highest BCUT2D eigenvalue weighted by molar-refractivity contribution is 5.70. The number of para-hydroxylation sites is 1. The van der Waals surface area contributed by atoms with Crippen LogP contribution in [-0.2, 0) is 0 Å². The van der Waals surface area contributed by atoms with E-state index in [1.165, 1.54) is 0 Å². The van der Waals surface area contributed by atoms with Gasteiger partial charge in [0.2, 0.25) is 0 Å². The number of nitrogens with two attached hydrogens (primary N) is 1. The van der Waals surface area contributed by atoms with Gasteiger partial charge in [0.05, 0.1) is 0 Å². The Kier molecular flexibility index (Phi) is 4.95. The number of ether oxygens (including phenoxy) is 1. The summed E-state index contributed by atoms with van der Waals surface area (Å²) in [7, 11) is 0. The van der Waals surface area contributed by atoms with Crippen molar-refractivity contribution in [3.8, 4) is 16.9 Å². The predicted molar refractivity (Wildman–Crippen MR) is 77.1 cm³/mol. The lowest BCUT2D eigenvalue weighted by Gasteiger charge is -2.15. The van der Waals surface area contributed by atoms with E-state index in [4.69, 9.17) is 15.6 Å². The molecule has 1 atom stereocenters. The Bertz CT molecular complexity index is 499. The first-order valence-corrected chi connectivity index (χ1v) is 6.45. The molecule has 0 aliphatic rings. The molecular formula is C16H19NO2. The minimum absolute atomic E-state index is 0.0882. The first-order chi connectivity index (χ1) is 9.31. The van der Waals surface area contributed by atoms with Crippen LogP contribution in [0, 0.1) is 0 Å². The van der Waals surface area contributed by atoms with E-state index in [1.807, 2.05) is 42.5 Å².